The topological polar surface area (TPSA) is 114 Å². The second kappa shape index (κ2) is 8.62. The Hall–Kier alpha value is -3.27. The SMILES string of the molecule is CCOC(=O)C1=NNC(C(=O)Nc2ccc(-c3ccccc3)c(S(C)(=O)=O)c2F)C1. The molecule has 0 saturated carbocycles. The van der Waals surface area contributed by atoms with Gasteiger partial charge < -0.3 is 10.1 Å². The molecule has 1 aliphatic rings. The highest BCUT2D eigenvalue weighted by Gasteiger charge is 2.31. The minimum Gasteiger partial charge on any atom is -0.461 e. The number of nitrogens with one attached hydrogen (secondary N) is 2. The lowest BCUT2D eigenvalue weighted by Gasteiger charge is -2.15. The first-order chi connectivity index (χ1) is 14.2. The summed E-state index contributed by atoms with van der Waals surface area (Å²) in [6.07, 6.45) is 0.870. The molecule has 0 bridgehead atoms. The van der Waals surface area contributed by atoms with Gasteiger partial charge in [0.25, 0.3) is 0 Å². The highest BCUT2D eigenvalue weighted by atomic mass is 32.2. The molecule has 1 amide bonds. The average molecular weight is 433 g/mol. The summed E-state index contributed by atoms with van der Waals surface area (Å²) in [6.45, 7) is 1.81. The highest BCUT2D eigenvalue weighted by molar-refractivity contribution is 7.90. The van der Waals surface area contributed by atoms with E-state index in [9.17, 15) is 18.0 Å². The molecule has 1 atom stereocenters. The molecule has 0 saturated heterocycles. The third-order valence-corrected chi connectivity index (χ3v) is 5.53. The molecule has 2 aromatic carbocycles. The summed E-state index contributed by atoms with van der Waals surface area (Å²) in [7, 11) is -3.94. The van der Waals surface area contributed by atoms with E-state index in [-0.39, 0.29) is 30.0 Å². The van der Waals surface area contributed by atoms with E-state index < -0.39 is 38.5 Å². The van der Waals surface area contributed by atoms with Crippen molar-refractivity contribution in [3.63, 3.8) is 0 Å². The van der Waals surface area contributed by atoms with E-state index in [0.29, 0.717) is 5.56 Å². The molecular formula is C20H20FN3O5S. The number of amides is 1. The molecule has 3 rings (SSSR count). The Kier molecular flexibility index (Phi) is 6.16. The van der Waals surface area contributed by atoms with E-state index in [0.717, 1.165) is 6.26 Å². The Morgan fingerprint density at radius 3 is 2.57 bits per heavy atom. The van der Waals surface area contributed by atoms with Crippen LogP contribution >= 0.6 is 0 Å². The van der Waals surface area contributed by atoms with Crippen LogP contribution in [0.5, 0.6) is 0 Å². The predicted octanol–water partition coefficient (Wildman–Crippen LogP) is 2.12. The van der Waals surface area contributed by atoms with Crippen molar-refractivity contribution in [2.24, 2.45) is 5.10 Å². The van der Waals surface area contributed by atoms with Crippen molar-refractivity contribution in [1.29, 1.82) is 0 Å². The molecule has 0 aromatic heterocycles. The Balaban J connectivity index is 1.86. The number of sulfone groups is 1. The van der Waals surface area contributed by atoms with Crippen LogP contribution < -0.4 is 10.7 Å². The van der Waals surface area contributed by atoms with E-state index in [1.54, 1.807) is 37.3 Å². The van der Waals surface area contributed by atoms with Gasteiger partial charge in [-0.3, -0.25) is 10.2 Å². The monoisotopic (exact) mass is 433 g/mol. The number of nitrogens with zero attached hydrogens (tertiary/aromatic N) is 1. The number of anilines is 1. The molecule has 0 spiro atoms. The van der Waals surface area contributed by atoms with Gasteiger partial charge in [0, 0.05) is 18.2 Å². The zero-order chi connectivity index (χ0) is 21.9. The van der Waals surface area contributed by atoms with Crippen LogP contribution in [0.3, 0.4) is 0 Å². The maximum Gasteiger partial charge on any atom is 0.354 e. The average Bonchev–Trinajstić information content (AvgIpc) is 3.20. The van der Waals surface area contributed by atoms with Crippen molar-refractivity contribution in [3.05, 3.63) is 48.3 Å². The molecule has 1 aliphatic heterocycles. The molecule has 0 fully saturated rings. The molecule has 2 N–H and O–H groups in total. The Bertz CT molecular complexity index is 1120. The zero-order valence-electron chi connectivity index (χ0n) is 16.3. The Labute approximate surface area is 173 Å². The maximum absolute atomic E-state index is 15.2. The fourth-order valence-corrected chi connectivity index (χ4v) is 4.04. The molecule has 1 heterocycles. The number of ether oxygens (including phenoxy) is 1. The second-order valence-electron chi connectivity index (χ2n) is 6.60. The maximum atomic E-state index is 15.2. The van der Waals surface area contributed by atoms with Crippen LogP contribution in [0, 0.1) is 5.82 Å². The standard InChI is InChI=1S/C20H20FN3O5S/c1-3-29-20(26)16-11-15(23-24-16)19(25)22-14-10-9-13(12-7-5-4-6-8-12)18(17(14)21)30(2,27)28/h4-10,15,23H,3,11H2,1-2H3,(H,22,25). The number of halogens is 1. The van der Waals surface area contributed by atoms with Crippen LogP contribution in [0.4, 0.5) is 10.1 Å². The fraction of sp³-hybridized carbons (Fsp3) is 0.250. The molecule has 8 nitrogen and oxygen atoms in total. The van der Waals surface area contributed by atoms with Crippen molar-refractivity contribution in [3.8, 4) is 11.1 Å². The third-order valence-electron chi connectivity index (χ3n) is 4.39. The van der Waals surface area contributed by atoms with Gasteiger partial charge in [-0.15, -0.1) is 0 Å². The quantitative estimate of drug-likeness (QED) is 0.675. The molecule has 10 heteroatoms. The van der Waals surface area contributed by atoms with Crippen LogP contribution in [0.2, 0.25) is 0 Å². The van der Waals surface area contributed by atoms with Crippen LogP contribution in [-0.4, -0.2) is 44.9 Å². The van der Waals surface area contributed by atoms with Crippen LogP contribution in [0.25, 0.3) is 11.1 Å². The number of hydrazone groups is 1. The summed E-state index contributed by atoms with van der Waals surface area (Å²) in [5.41, 5.74) is 2.99. The van der Waals surface area contributed by atoms with Gasteiger partial charge in [-0.1, -0.05) is 36.4 Å². The van der Waals surface area contributed by atoms with Gasteiger partial charge in [-0.05, 0) is 18.6 Å². The van der Waals surface area contributed by atoms with Crippen molar-refractivity contribution < 1.29 is 27.1 Å². The normalized spacial score (nSPS) is 15.8. The number of rotatable bonds is 6. The first-order valence-electron chi connectivity index (χ1n) is 9.10. The lowest BCUT2D eigenvalue weighted by molar-refractivity contribution is -0.135. The predicted molar refractivity (Wildman–Crippen MR) is 109 cm³/mol. The van der Waals surface area contributed by atoms with Gasteiger partial charge in [-0.25, -0.2) is 17.6 Å². The molecule has 158 valence electrons. The number of esters is 1. The first kappa shape index (κ1) is 21.4. The minimum absolute atomic E-state index is 0.0344. The first-order valence-corrected chi connectivity index (χ1v) is 11.0. The molecule has 30 heavy (non-hydrogen) atoms. The van der Waals surface area contributed by atoms with E-state index in [2.05, 4.69) is 15.8 Å². The van der Waals surface area contributed by atoms with Crippen molar-refractivity contribution >= 4 is 33.1 Å². The van der Waals surface area contributed by atoms with Crippen molar-refractivity contribution in [2.75, 3.05) is 18.2 Å². The largest absolute Gasteiger partial charge is 0.461 e. The van der Waals surface area contributed by atoms with E-state index in [1.165, 1.54) is 12.1 Å². The van der Waals surface area contributed by atoms with Gasteiger partial charge in [0.1, 0.15) is 16.6 Å². The van der Waals surface area contributed by atoms with Gasteiger partial charge in [0.2, 0.25) is 5.91 Å². The summed E-state index contributed by atoms with van der Waals surface area (Å²) in [6, 6.07) is 10.3. The third kappa shape index (κ3) is 4.48. The number of benzene rings is 2. The highest BCUT2D eigenvalue weighted by Crippen LogP contribution is 2.33. The summed E-state index contributed by atoms with van der Waals surface area (Å²) < 4.78 is 44.6. The fourth-order valence-electron chi connectivity index (χ4n) is 3.02. The van der Waals surface area contributed by atoms with Gasteiger partial charge in [-0.2, -0.15) is 5.10 Å². The van der Waals surface area contributed by atoms with Crippen LogP contribution in [0.1, 0.15) is 13.3 Å². The summed E-state index contributed by atoms with van der Waals surface area (Å²) in [5, 5.41) is 6.14. The van der Waals surface area contributed by atoms with Crippen molar-refractivity contribution in [1.82, 2.24) is 5.43 Å². The summed E-state index contributed by atoms with van der Waals surface area (Å²) in [5.74, 6) is -2.36. The lowest BCUT2D eigenvalue weighted by Crippen LogP contribution is -2.35. The van der Waals surface area contributed by atoms with Gasteiger partial charge >= 0.3 is 5.97 Å². The zero-order valence-corrected chi connectivity index (χ0v) is 17.1. The van der Waals surface area contributed by atoms with E-state index in [1.807, 2.05) is 0 Å². The van der Waals surface area contributed by atoms with E-state index >= 15 is 4.39 Å². The number of carbonyl (C=O) groups excluding carboxylic acids is 2. The van der Waals surface area contributed by atoms with E-state index in [4.69, 9.17) is 4.74 Å². The van der Waals surface area contributed by atoms with Gasteiger partial charge in [0.05, 0.1) is 12.3 Å². The Morgan fingerprint density at radius 2 is 1.93 bits per heavy atom. The van der Waals surface area contributed by atoms with Crippen LogP contribution in [-0.2, 0) is 24.2 Å². The van der Waals surface area contributed by atoms with Crippen molar-refractivity contribution in [2.45, 2.75) is 24.3 Å². The smallest absolute Gasteiger partial charge is 0.354 e. The molecule has 0 aliphatic carbocycles. The Morgan fingerprint density at radius 1 is 1.23 bits per heavy atom. The molecule has 1 unspecified atom stereocenters. The second-order valence-corrected chi connectivity index (χ2v) is 8.55. The number of carbonyl (C=O) groups is 2. The molecule has 0 radical (unpaired) electrons. The van der Waals surface area contributed by atoms with Gasteiger partial charge in [0.15, 0.2) is 15.7 Å². The minimum atomic E-state index is -3.94. The lowest BCUT2D eigenvalue weighted by atomic mass is 10.0. The molecular weight excluding hydrogens is 413 g/mol. The van der Waals surface area contributed by atoms with Crippen LogP contribution in [0.15, 0.2) is 52.5 Å². The summed E-state index contributed by atoms with van der Waals surface area (Å²) >= 11 is 0. The summed E-state index contributed by atoms with van der Waals surface area (Å²) in [4.78, 5) is 23.7. The number of hydrogen-bond donors (Lipinski definition) is 2. The molecule has 2 aromatic rings. The number of hydrogen-bond acceptors (Lipinski definition) is 7.